The standard InChI is InChI=1S/C11H18N4O2/c1-8(12)10-7-15(3-4-17-10)11(16)9-5-13-14(2)6-9/h5-6,8,10H,3-4,7,12H2,1-2H3. The molecule has 1 saturated heterocycles. The Morgan fingerprint density at radius 1 is 1.71 bits per heavy atom. The number of nitrogens with zero attached hydrogens (tertiary/aromatic N) is 3. The van der Waals surface area contributed by atoms with Gasteiger partial charge in [0.1, 0.15) is 0 Å². The van der Waals surface area contributed by atoms with Gasteiger partial charge in [0.2, 0.25) is 0 Å². The highest BCUT2D eigenvalue weighted by Gasteiger charge is 2.27. The molecule has 2 N–H and O–H groups in total. The largest absolute Gasteiger partial charge is 0.373 e. The Morgan fingerprint density at radius 2 is 2.47 bits per heavy atom. The number of carbonyl (C=O) groups is 1. The molecule has 0 saturated carbocycles. The van der Waals surface area contributed by atoms with E-state index in [2.05, 4.69) is 5.10 Å². The molecule has 0 spiro atoms. The first-order valence-electron chi connectivity index (χ1n) is 5.73. The minimum atomic E-state index is -0.0793. The third-order valence-electron chi connectivity index (χ3n) is 2.92. The summed E-state index contributed by atoms with van der Waals surface area (Å²) in [5.41, 5.74) is 6.40. The minimum Gasteiger partial charge on any atom is -0.373 e. The summed E-state index contributed by atoms with van der Waals surface area (Å²) in [6.07, 6.45) is 3.22. The highest BCUT2D eigenvalue weighted by Crippen LogP contribution is 2.11. The zero-order valence-corrected chi connectivity index (χ0v) is 10.2. The van der Waals surface area contributed by atoms with Crippen molar-refractivity contribution in [2.75, 3.05) is 19.7 Å². The second-order valence-electron chi connectivity index (χ2n) is 4.42. The molecule has 17 heavy (non-hydrogen) atoms. The van der Waals surface area contributed by atoms with Gasteiger partial charge in [-0.1, -0.05) is 0 Å². The Labute approximate surface area is 100 Å². The maximum atomic E-state index is 12.2. The van der Waals surface area contributed by atoms with E-state index in [1.165, 1.54) is 0 Å². The van der Waals surface area contributed by atoms with E-state index in [0.29, 0.717) is 25.3 Å². The van der Waals surface area contributed by atoms with E-state index in [0.717, 1.165) is 0 Å². The van der Waals surface area contributed by atoms with Gasteiger partial charge in [-0.2, -0.15) is 5.10 Å². The number of rotatable bonds is 2. The summed E-state index contributed by atoms with van der Waals surface area (Å²) >= 11 is 0. The van der Waals surface area contributed by atoms with Gasteiger partial charge in [-0.05, 0) is 6.92 Å². The van der Waals surface area contributed by atoms with Crippen LogP contribution in [0.3, 0.4) is 0 Å². The lowest BCUT2D eigenvalue weighted by molar-refractivity contribution is -0.0300. The van der Waals surface area contributed by atoms with Crippen molar-refractivity contribution in [2.24, 2.45) is 12.8 Å². The Kier molecular flexibility index (Phi) is 3.44. The van der Waals surface area contributed by atoms with Crippen LogP contribution in [-0.2, 0) is 11.8 Å². The summed E-state index contributed by atoms with van der Waals surface area (Å²) < 4.78 is 7.14. The maximum absolute atomic E-state index is 12.2. The summed E-state index contributed by atoms with van der Waals surface area (Å²) in [7, 11) is 1.79. The number of carbonyl (C=O) groups excluding carboxylic acids is 1. The third-order valence-corrected chi connectivity index (χ3v) is 2.92. The van der Waals surface area contributed by atoms with Crippen LogP contribution >= 0.6 is 0 Å². The van der Waals surface area contributed by atoms with Crippen LogP contribution in [0.25, 0.3) is 0 Å². The van der Waals surface area contributed by atoms with E-state index in [-0.39, 0.29) is 18.1 Å². The molecule has 0 bridgehead atoms. The highest BCUT2D eigenvalue weighted by atomic mass is 16.5. The number of morpholine rings is 1. The first-order chi connectivity index (χ1) is 8.08. The van der Waals surface area contributed by atoms with Gasteiger partial charge in [0.15, 0.2) is 0 Å². The van der Waals surface area contributed by atoms with Gasteiger partial charge in [0.25, 0.3) is 5.91 Å². The van der Waals surface area contributed by atoms with Crippen LogP contribution < -0.4 is 5.73 Å². The fourth-order valence-electron chi connectivity index (χ4n) is 1.89. The number of hydrogen-bond acceptors (Lipinski definition) is 4. The molecule has 0 radical (unpaired) electrons. The second-order valence-corrected chi connectivity index (χ2v) is 4.42. The van der Waals surface area contributed by atoms with Crippen LogP contribution in [0.2, 0.25) is 0 Å². The van der Waals surface area contributed by atoms with Crippen LogP contribution in [0.15, 0.2) is 12.4 Å². The second kappa shape index (κ2) is 4.85. The Hall–Kier alpha value is -1.40. The number of amides is 1. The van der Waals surface area contributed by atoms with Crippen molar-refractivity contribution < 1.29 is 9.53 Å². The molecule has 1 aliphatic rings. The number of aryl methyl sites for hydroxylation is 1. The van der Waals surface area contributed by atoms with Crippen LogP contribution in [0.1, 0.15) is 17.3 Å². The van der Waals surface area contributed by atoms with Crippen LogP contribution in [0.4, 0.5) is 0 Å². The minimum absolute atomic E-state index is 0.00736. The number of aromatic nitrogens is 2. The van der Waals surface area contributed by atoms with Crippen molar-refractivity contribution in [3.8, 4) is 0 Å². The van der Waals surface area contributed by atoms with Crippen molar-refractivity contribution >= 4 is 5.91 Å². The number of ether oxygens (including phenoxy) is 1. The molecule has 6 nitrogen and oxygen atoms in total. The van der Waals surface area contributed by atoms with Crippen molar-refractivity contribution in [3.05, 3.63) is 18.0 Å². The van der Waals surface area contributed by atoms with Gasteiger partial charge in [0.05, 0.1) is 24.5 Å². The fourth-order valence-corrected chi connectivity index (χ4v) is 1.89. The van der Waals surface area contributed by atoms with Crippen molar-refractivity contribution in [1.29, 1.82) is 0 Å². The van der Waals surface area contributed by atoms with Gasteiger partial charge in [0, 0.05) is 32.4 Å². The lowest BCUT2D eigenvalue weighted by atomic mass is 10.1. The van der Waals surface area contributed by atoms with Crippen LogP contribution in [0.5, 0.6) is 0 Å². The summed E-state index contributed by atoms with van der Waals surface area (Å²) in [5, 5.41) is 4.00. The summed E-state index contributed by atoms with van der Waals surface area (Å²) in [6, 6.07) is -0.0699. The highest BCUT2D eigenvalue weighted by molar-refractivity contribution is 5.93. The Bertz CT molecular complexity index is 402. The molecule has 0 aromatic carbocycles. The van der Waals surface area contributed by atoms with E-state index in [1.54, 1.807) is 29.0 Å². The van der Waals surface area contributed by atoms with Gasteiger partial charge < -0.3 is 15.4 Å². The van der Waals surface area contributed by atoms with Crippen LogP contribution in [0, 0.1) is 0 Å². The first-order valence-corrected chi connectivity index (χ1v) is 5.73. The zero-order chi connectivity index (χ0) is 12.4. The third kappa shape index (κ3) is 2.65. The molecule has 1 aliphatic heterocycles. The maximum Gasteiger partial charge on any atom is 0.257 e. The summed E-state index contributed by atoms with van der Waals surface area (Å²) in [6.45, 7) is 3.59. The predicted molar refractivity (Wildman–Crippen MR) is 62.5 cm³/mol. The molecule has 2 rings (SSSR count). The van der Waals surface area contributed by atoms with Crippen LogP contribution in [-0.4, -0.2) is 52.4 Å². The Balaban J connectivity index is 2.04. The summed E-state index contributed by atoms with van der Waals surface area (Å²) in [4.78, 5) is 13.9. The first kappa shape index (κ1) is 12.1. The molecule has 1 amide bonds. The fraction of sp³-hybridized carbons (Fsp3) is 0.636. The molecule has 6 heteroatoms. The average molecular weight is 238 g/mol. The van der Waals surface area contributed by atoms with Crippen molar-refractivity contribution in [1.82, 2.24) is 14.7 Å². The van der Waals surface area contributed by atoms with Gasteiger partial charge >= 0.3 is 0 Å². The van der Waals surface area contributed by atoms with E-state index in [4.69, 9.17) is 10.5 Å². The number of hydrogen-bond donors (Lipinski definition) is 1. The molecule has 2 atom stereocenters. The number of nitrogens with two attached hydrogens (primary N) is 1. The molecule has 2 heterocycles. The molecule has 94 valence electrons. The SMILES string of the molecule is CC(N)C1CN(C(=O)c2cnn(C)c2)CCO1. The van der Waals surface area contributed by atoms with E-state index in [9.17, 15) is 4.79 Å². The summed E-state index contributed by atoms with van der Waals surface area (Å²) in [5.74, 6) is -0.00736. The normalized spacial score (nSPS) is 22.5. The van der Waals surface area contributed by atoms with Gasteiger partial charge in [-0.15, -0.1) is 0 Å². The molecule has 0 aliphatic carbocycles. The molecule has 2 unspecified atom stereocenters. The van der Waals surface area contributed by atoms with E-state index < -0.39 is 0 Å². The smallest absolute Gasteiger partial charge is 0.257 e. The molecule has 1 aromatic rings. The van der Waals surface area contributed by atoms with Gasteiger partial charge in [-0.3, -0.25) is 9.48 Å². The zero-order valence-electron chi connectivity index (χ0n) is 10.2. The lowest BCUT2D eigenvalue weighted by Gasteiger charge is -2.34. The monoisotopic (exact) mass is 238 g/mol. The predicted octanol–water partition coefficient (Wildman–Crippen LogP) is -0.392. The average Bonchev–Trinajstić information content (AvgIpc) is 2.75. The van der Waals surface area contributed by atoms with Crippen molar-refractivity contribution in [2.45, 2.75) is 19.1 Å². The quantitative estimate of drug-likeness (QED) is 0.761. The van der Waals surface area contributed by atoms with E-state index in [1.807, 2.05) is 6.92 Å². The van der Waals surface area contributed by atoms with E-state index >= 15 is 0 Å². The molecular formula is C11H18N4O2. The molecule has 1 aromatic heterocycles. The van der Waals surface area contributed by atoms with Gasteiger partial charge in [-0.25, -0.2) is 0 Å². The molecular weight excluding hydrogens is 220 g/mol. The van der Waals surface area contributed by atoms with Crippen molar-refractivity contribution in [3.63, 3.8) is 0 Å². The Morgan fingerprint density at radius 3 is 3.06 bits per heavy atom. The molecule has 1 fully saturated rings. The lowest BCUT2D eigenvalue weighted by Crippen LogP contribution is -2.51. The topological polar surface area (TPSA) is 73.4 Å².